The smallest absolute Gasteiger partial charge is 0.249 e. The lowest BCUT2D eigenvalue weighted by atomic mass is 9.98. The second kappa shape index (κ2) is 12.4. The van der Waals surface area contributed by atoms with Crippen molar-refractivity contribution >= 4 is 39.6 Å². The van der Waals surface area contributed by atoms with Crippen molar-refractivity contribution in [1.29, 1.82) is 5.26 Å². The summed E-state index contributed by atoms with van der Waals surface area (Å²) in [5.74, 6) is -2.33. The molecule has 12 heteroatoms. The maximum Gasteiger partial charge on any atom is 0.249 e. The molecule has 1 saturated heterocycles. The third-order valence-electron chi connectivity index (χ3n) is 8.17. The fourth-order valence-corrected chi connectivity index (χ4v) is 6.01. The van der Waals surface area contributed by atoms with Crippen LogP contribution in [0.1, 0.15) is 62.5 Å². The lowest BCUT2D eigenvalue weighted by Crippen LogP contribution is -2.46. The SMILES string of the molecule is CC(C)(C)N1CCC(n2cc(C(Nc3cc(Cl)c4ncc(C#N)c(Nc5cnc(F)c(F)c5)c4c3)c3ccccc3)nn2)CC1. The number of hydrogen-bond acceptors (Lipinski definition) is 8. The first-order valence-electron chi connectivity index (χ1n) is 14.7. The summed E-state index contributed by atoms with van der Waals surface area (Å²) in [7, 11) is 0. The second-order valence-electron chi connectivity index (χ2n) is 12.1. The first-order valence-corrected chi connectivity index (χ1v) is 15.1. The Morgan fingerprint density at radius 3 is 2.47 bits per heavy atom. The summed E-state index contributed by atoms with van der Waals surface area (Å²) < 4.78 is 29.4. The zero-order valence-electron chi connectivity index (χ0n) is 25.1. The lowest BCUT2D eigenvalue weighted by molar-refractivity contribution is 0.0866. The maximum absolute atomic E-state index is 14.0. The van der Waals surface area contributed by atoms with Crippen LogP contribution in [-0.4, -0.2) is 48.5 Å². The number of piperidine rings is 1. The number of nitrogens with one attached hydrogen (secondary N) is 2. The predicted octanol–water partition coefficient (Wildman–Crippen LogP) is 7.41. The summed E-state index contributed by atoms with van der Waals surface area (Å²) in [5.41, 5.74) is 3.61. The highest BCUT2D eigenvalue weighted by Gasteiger charge is 2.29. The minimum Gasteiger partial charge on any atom is -0.373 e. The summed E-state index contributed by atoms with van der Waals surface area (Å²) in [6, 6.07) is 16.4. The Morgan fingerprint density at radius 1 is 1.02 bits per heavy atom. The molecular formula is C33H32ClF2N9. The van der Waals surface area contributed by atoms with Crippen molar-refractivity contribution in [2.24, 2.45) is 0 Å². The summed E-state index contributed by atoms with van der Waals surface area (Å²) >= 11 is 6.73. The van der Waals surface area contributed by atoms with E-state index in [1.165, 1.54) is 6.20 Å². The van der Waals surface area contributed by atoms with E-state index in [1.54, 1.807) is 6.07 Å². The third-order valence-corrected chi connectivity index (χ3v) is 8.45. The molecule has 3 aromatic heterocycles. The Balaban J connectivity index is 1.35. The zero-order valence-corrected chi connectivity index (χ0v) is 25.9. The minimum absolute atomic E-state index is 0.132. The topological polar surface area (TPSA) is 108 Å². The number of fused-ring (bicyclic) bond motifs is 1. The number of rotatable bonds is 7. The van der Waals surface area contributed by atoms with Gasteiger partial charge in [0, 0.05) is 42.0 Å². The fraction of sp³-hybridized carbons (Fsp3) is 0.303. The van der Waals surface area contributed by atoms with E-state index in [2.05, 4.69) is 62.7 Å². The van der Waals surface area contributed by atoms with Gasteiger partial charge in [0.1, 0.15) is 11.8 Å². The Labute approximate surface area is 264 Å². The van der Waals surface area contributed by atoms with Crippen LogP contribution < -0.4 is 10.6 Å². The molecule has 1 atom stereocenters. The number of likely N-dealkylation sites (tertiary alicyclic amines) is 1. The molecule has 2 aromatic carbocycles. The molecule has 230 valence electrons. The van der Waals surface area contributed by atoms with E-state index in [4.69, 9.17) is 11.6 Å². The first kappa shape index (κ1) is 30.4. The highest BCUT2D eigenvalue weighted by atomic mass is 35.5. The molecular weight excluding hydrogens is 596 g/mol. The summed E-state index contributed by atoms with van der Waals surface area (Å²) in [6.45, 7) is 8.72. The highest BCUT2D eigenvalue weighted by molar-refractivity contribution is 6.36. The molecule has 1 aliphatic rings. The van der Waals surface area contributed by atoms with Gasteiger partial charge in [0.15, 0.2) is 5.82 Å². The molecule has 45 heavy (non-hydrogen) atoms. The number of benzene rings is 2. The van der Waals surface area contributed by atoms with Crippen molar-refractivity contribution in [2.45, 2.75) is 51.2 Å². The van der Waals surface area contributed by atoms with E-state index in [0.29, 0.717) is 27.3 Å². The predicted molar refractivity (Wildman–Crippen MR) is 170 cm³/mol. The summed E-state index contributed by atoms with van der Waals surface area (Å²) in [4.78, 5) is 10.3. The standard InChI is InChI=1S/C33H32ClF2N9/c1-33(2,3)44-11-9-24(10-12-44)45-19-28(42-43-45)30(20-7-5-4-6-8-20)40-22-13-25-29(41-23-15-27(35)32(36)39-18-23)21(16-37)17-38-31(25)26(34)14-22/h4-8,13-15,17-19,24,30,40H,9-12H2,1-3H3,(H,38,41). The van der Waals surface area contributed by atoms with Crippen LogP contribution in [0.25, 0.3) is 10.9 Å². The highest BCUT2D eigenvalue weighted by Crippen LogP contribution is 2.37. The Hall–Kier alpha value is -4.66. The van der Waals surface area contributed by atoms with Crippen molar-refractivity contribution in [3.8, 4) is 6.07 Å². The average molecular weight is 628 g/mol. The van der Waals surface area contributed by atoms with E-state index < -0.39 is 11.8 Å². The Kier molecular flexibility index (Phi) is 8.36. The first-order chi connectivity index (χ1) is 21.6. The van der Waals surface area contributed by atoms with Gasteiger partial charge in [-0.3, -0.25) is 9.88 Å². The van der Waals surface area contributed by atoms with Gasteiger partial charge in [0.25, 0.3) is 0 Å². The minimum atomic E-state index is -1.21. The van der Waals surface area contributed by atoms with Gasteiger partial charge < -0.3 is 10.6 Å². The van der Waals surface area contributed by atoms with E-state index in [1.807, 2.05) is 47.3 Å². The van der Waals surface area contributed by atoms with Crippen molar-refractivity contribution in [1.82, 2.24) is 29.9 Å². The van der Waals surface area contributed by atoms with Gasteiger partial charge in [-0.15, -0.1) is 5.10 Å². The Morgan fingerprint density at radius 2 is 1.78 bits per heavy atom. The van der Waals surface area contributed by atoms with Crippen LogP contribution in [0.4, 0.5) is 25.8 Å². The number of aromatic nitrogens is 5. The number of nitrogens with zero attached hydrogens (tertiary/aromatic N) is 7. The van der Waals surface area contributed by atoms with E-state index in [-0.39, 0.29) is 28.9 Å². The van der Waals surface area contributed by atoms with Crippen molar-refractivity contribution in [3.63, 3.8) is 0 Å². The van der Waals surface area contributed by atoms with Crippen LogP contribution >= 0.6 is 11.6 Å². The molecule has 5 aromatic rings. The molecule has 0 bridgehead atoms. The van der Waals surface area contributed by atoms with Crippen LogP contribution in [0.15, 0.2) is 67.1 Å². The van der Waals surface area contributed by atoms with Gasteiger partial charge in [0.05, 0.1) is 52.0 Å². The average Bonchev–Trinajstić information content (AvgIpc) is 3.52. The fourth-order valence-electron chi connectivity index (χ4n) is 5.74. The van der Waals surface area contributed by atoms with E-state index >= 15 is 0 Å². The summed E-state index contributed by atoms with van der Waals surface area (Å²) in [5, 5.41) is 26.4. The quantitative estimate of drug-likeness (QED) is 0.180. The zero-order chi connectivity index (χ0) is 31.7. The molecule has 1 aliphatic heterocycles. The molecule has 0 aliphatic carbocycles. The third kappa shape index (κ3) is 6.43. The number of hydrogen-bond donors (Lipinski definition) is 2. The number of anilines is 3. The molecule has 4 heterocycles. The van der Waals surface area contributed by atoms with Crippen LogP contribution in [0, 0.1) is 23.1 Å². The van der Waals surface area contributed by atoms with Gasteiger partial charge in [-0.2, -0.15) is 9.65 Å². The van der Waals surface area contributed by atoms with Crippen molar-refractivity contribution in [3.05, 3.63) is 101 Å². The maximum atomic E-state index is 14.0. The number of nitriles is 1. The molecule has 1 unspecified atom stereocenters. The molecule has 9 nitrogen and oxygen atoms in total. The number of halogens is 3. The lowest BCUT2D eigenvalue weighted by Gasteiger charge is -2.40. The molecule has 1 fully saturated rings. The van der Waals surface area contributed by atoms with E-state index in [0.717, 1.165) is 49.5 Å². The van der Waals surface area contributed by atoms with Gasteiger partial charge >= 0.3 is 0 Å². The van der Waals surface area contributed by atoms with E-state index in [9.17, 15) is 14.0 Å². The monoisotopic (exact) mass is 627 g/mol. The normalized spacial score (nSPS) is 15.1. The number of pyridine rings is 2. The van der Waals surface area contributed by atoms with Crippen LogP contribution in [0.2, 0.25) is 5.02 Å². The van der Waals surface area contributed by atoms with Gasteiger partial charge in [0.2, 0.25) is 5.95 Å². The van der Waals surface area contributed by atoms with Crippen molar-refractivity contribution in [2.75, 3.05) is 23.7 Å². The van der Waals surface area contributed by atoms with Gasteiger partial charge in [-0.05, 0) is 51.3 Å². The van der Waals surface area contributed by atoms with Crippen LogP contribution in [0.5, 0.6) is 0 Å². The van der Waals surface area contributed by atoms with Gasteiger partial charge in [-0.25, -0.2) is 14.1 Å². The second-order valence-corrected chi connectivity index (χ2v) is 12.5. The molecule has 0 radical (unpaired) electrons. The van der Waals surface area contributed by atoms with Crippen molar-refractivity contribution < 1.29 is 8.78 Å². The largest absolute Gasteiger partial charge is 0.373 e. The molecule has 0 saturated carbocycles. The molecule has 0 amide bonds. The molecule has 2 N–H and O–H groups in total. The molecule has 0 spiro atoms. The van der Waals surface area contributed by atoms with Crippen LogP contribution in [-0.2, 0) is 0 Å². The van der Waals surface area contributed by atoms with Crippen LogP contribution in [0.3, 0.4) is 0 Å². The summed E-state index contributed by atoms with van der Waals surface area (Å²) in [6.07, 6.45) is 6.51. The van der Waals surface area contributed by atoms with Gasteiger partial charge in [-0.1, -0.05) is 47.1 Å². The molecule has 6 rings (SSSR count). The Bertz CT molecular complexity index is 1870.